The molecule has 1 heterocycles. The predicted molar refractivity (Wildman–Crippen MR) is 184 cm³/mol. The summed E-state index contributed by atoms with van der Waals surface area (Å²) in [7, 11) is 0. The second-order valence-corrected chi connectivity index (χ2v) is 12.1. The topological polar surface area (TPSA) is 49.6 Å². The number of nitrogens with zero attached hydrogens (tertiary/aromatic N) is 3. The largest absolute Gasteiger partial charge is 0.228 e. The second-order valence-electron chi connectivity index (χ2n) is 12.1. The zero-order valence-electron chi connectivity index (χ0n) is 25.1. The first-order valence-corrected chi connectivity index (χ1v) is 15.2. The van der Waals surface area contributed by atoms with Crippen LogP contribution < -0.4 is 0 Å². The van der Waals surface area contributed by atoms with E-state index < -0.39 is 0 Å². The van der Waals surface area contributed by atoms with Crippen LogP contribution in [0.3, 0.4) is 0 Å². The molecule has 1 aromatic heterocycles. The highest BCUT2D eigenvalue weighted by Crippen LogP contribution is 2.54. The van der Waals surface area contributed by atoms with Crippen molar-refractivity contribution in [2.24, 2.45) is 0 Å². The maximum Gasteiger partial charge on any atom is 0.160 e. The Morgan fingerprint density at radius 1 is 0.511 bits per heavy atom. The van der Waals surface area contributed by atoms with Gasteiger partial charge in [-0.05, 0) is 56.8 Å². The van der Waals surface area contributed by atoms with Crippen molar-refractivity contribution in [2.45, 2.75) is 19.3 Å². The van der Waals surface area contributed by atoms with Crippen molar-refractivity contribution in [1.29, 1.82) is 5.26 Å². The van der Waals surface area contributed by atoms with Gasteiger partial charge in [0.15, 0.2) is 5.82 Å². The summed E-state index contributed by atoms with van der Waals surface area (Å²) in [6, 6.07) is 50.7. The zero-order chi connectivity index (χ0) is 30.5. The van der Waals surface area contributed by atoms with Crippen molar-refractivity contribution in [3.63, 3.8) is 0 Å². The third kappa shape index (κ3) is 4.34. The monoisotopic (exact) mass is 575 g/mol. The molecule has 0 radical (unpaired) electrons. The highest BCUT2D eigenvalue weighted by Gasteiger charge is 2.38. The average molecular weight is 576 g/mol. The lowest BCUT2D eigenvalue weighted by molar-refractivity contribution is 0.660. The Labute approximate surface area is 263 Å². The van der Waals surface area contributed by atoms with E-state index in [0.29, 0.717) is 11.4 Å². The van der Waals surface area contributed by atoms with Crippen molar-refractivity contribution in [1.82, 2.24) is 9.97 Å². The van der Waals surface area contributed by atoms with Crippen LogP contribution in [0.25, 0.3) is 66.9 Å². The summed E-state index contributed by atoms with van der Waals surface area (Å²) >= 11 is 0. The minimum atomic E-state index is -0.221. The van der Waals surface area contributed by atoms with Crippen LogP contribution in [-0.2, 0) is 5.41 Å². The molecule has 0 amide bonds. The number of rotatable bonds is 4. The van der Waals surface area contributed by atoms with Crippen LogP contribution in [0.2, 0.25) is 0 Å². The number of aromatic nitrogens is 2. The number of hydrogen-bond donors (Lipinski definition) is 0. The molecule has 3 nitrogen and oxygen atoms in total. The molecule has 0 saturated carbocycles. The fourth-order valence-corrected chi connectivity index (χ4v) is 6.89. The molecule has 0 unspecified atom stereocenters. The smallest absolute Gasteiger partial charge is 0.160 e. The summed E-state index contributed by atoms with van der Waals surface area (Å²) in [6.07, 6.45) is 0. The van der Waals surface area contributed by atoms with Gasteiger partial charge < -0.3 is 0 Å². The molecule has 3 heteroatoms. The minimum Gasteiger partial charge on any atom is -0.228 e. The highest BCUT2D eigenvalue weighted by atomic mass is 14.9. The summed E-state index contributed by atoms with van der Waals surface area (Å²) < 4.78 is 0. The molecule has 0 atom stereocenters. The Hall–Kier alpha value is -5.85. The summed E-state index contributed by atoms with van der Waals surface area (Å²) in [5.41, 5.74) is 12.0. The van der Waals surface area contributed by atoms with E-state index in [1.807, 2.05) is 30.3 Å². The van der Waals surface area contributed by atoms with Gasteiger partial charge in [-0.3, -0.25) is 0 Å². The molecule has 6 aromatic carbocycles. The molecule has 0 saturated heterocycles. The summed E-state index contributed by atoms with van der Waals surface area (Å²) in [6.45, 7) is 4.50. The zero-order valence-corrected chi connectivity index (χ0v) is 25.1. The van der Waals surface area contributed by atoms with Crippen LogP contribution in [0.1, 0.15) is 30.5 Å². The first-order valence-electron chi connectivity index (χ1n) is 15.2. The molecule has 0 fully saturated rings. The van der Waals surface area contributed by atoms with Crippen molar-refractivity contribution < 1.29 is 0 Å². The lowest BCUT2D eigenvalue weighted by Crippen LogP contribution is -2.14. The molecule has 212 valence electrons. The van der Waals surface area contributed by atoms with Gasteiger partial charge in [0.05, 0.1) is 23.0 Å². The molecule has 45 heavy (non-hydrogen) atoms. The first-order chi connectivity index (χ1) is 22.0. The van der Waals surface area contributed by atoms with E-state index >= 15 is 0 Å². The fourth-order valence-electron chi connectivity index (χ4n) is 6.89. The number of benzene rings is 6. The van der Waals surface area contributed by atoms with E-state index in [2.05, 4.69) is 129 Å². The maximum atomic E-state index is 10.2. The van der Waals surface area contributed by atoms with E-state index in [1.165, 1.54) is 16.5 Å². The Bertz CT molecular complexity index is 2310. The van der Waals surface area contributed by atoms with Gasteiger partial charge in [0.2, 0.25) is 0 Å². The van der Waals surface area contributed by atoms with Crippen LogP contribution >= 0.6 is 0 Å². The average Bonchev–Trinajstić information content (AvgIpc) is 3.34. The SMILES string of the molecule is CC1(C)c2cccc(C#N)c2-c2c(-c3ccccc3-c3cc(-c4ccccc4)nc(-c4ccc5ccccc5c4)n3)cccc21. The quantitative estimate of drug-likeness (QED) is 0.210. The van der Waals surface area contributed by atoms with Gasteiger partial charge in [0.1, 0.15) is 0 Å². The molecule has 8 rings (SSSR count). The predicted octanol–water partition coefficient (Wildman–Crippen LogP) is 10.5. The number of nitriles is 1. The van der Waals surface area contributed by atoms with Gasteiger partial charge >= 0.3 is 0 Å². The normalized spacial score (nSPS) is 12.8. The summed E-state index contributed by atoms with van der Waals surface area (Å²) in [5.74, 6) is 0.684. The fraction of sp³-hybridized carbons (Fsp3) is 0.0714. The van der Waals surface area contributed by atoms with E-state index in [1.54, 1.807) is 0 Å². The van der Waals surface area contributed by atoms with Gasteiger partial charge in [0, 0.05) is 27.7 Å². The minimum absolute atomic E-state index is 0.221. The first kappa shape index (κ1) is 26.8. The van der Waals surface area contributed by atoms with Gasteiger partial charge in [-0.1, -0.05) is 135 Å². The Balaban J connectivity index is 1.38. The molecule has 1 aliphatic carbocycles. The number of fused-ring (bicyclic) bond motifs is 4. The summed E-state index contributed by atoms with van der Waals surface area (Å²) in [4.78, 5) is 10.3. The lowest BCUT2D eigenvalue weighted by Gasteiger charge is -2.22. The van der Waals surface area contributed by atoms with Crippen molar-refractivity contribution >= 4 is 10.8 Å². The maximum absolute atomic E-state index is 10.2. The lowest BCUT2D eigenvalue weighted by atomic mass is 9.81. The molecular weight excluding hydrogens is 546 g/mol. The van der Waals surface area contributed by atoms with Gasteiger partial charge in [-0.2, -0.15) is 5.26 Å². The van der Waals surface area contributed by atoms with E-state index in [-0.39, 0.29) is 5.41 Å². The van der Waals surface area contributed by atoms with Gasteiger partial charge in [0.25, 0.3) is 0 Å². The molecule has 7 aromatic rings. The Morgan fingerprint density at radius 2 is 1.16 bits per heavy atom. The van der Waals surface area contributed by atoms with Crippen LogP contribution in [0, 0.1) is 11.3 Å². The van der Waals surface area contributed by atoms with E-state index in [9.17, 15) is 5.26 Å². The van der Waals surface area contributed by atoms with Crippen molar-refractivity contribution in [2.75, 3.05) is 0 Å². The van der Waals surface area contributed by atoms with Crippen LogP contribution in [0.4, 0.5) is 0 Å². The van der Waals surface area contributed by atoms with Crippen LogP contribution in [0.5, 0.6) is 0 Å². The van der Waals surface area contributed by atoms with Gasteiger partial charge in [-0.15, -0.1) is 0 Å². The van der Waals surface area contributed by atoms with E-state index in [0.717, 1.165) is 55.7 Å². The third-order valence-electron chi connectivity index (χ3n) is 9.14. The molecule has 0 aliphatic heterocycles. The molecule has 0 bridgehead atoms. The molecule has 1 aliphatic rings. The second kappa shape index (κ2) is 10.4. The third-order valence-corrected chi connectivity index (χ3v) is 9.14. The number of hydrogen-bond acceptors (Lipinski definition) is 3. The Morgan fingerprint density at radius 3 is 1.96 bits per heavy atom. The van der Waals surface area contributed by atoms with Crippen LogP contribution in [0.15, 0.2) is 140 Å². The molecular formula is C42H29N3. The van der Waals surface area contributed by atoms with Crippen molar-refractivity contribution in [3.8, 4) is 62.2 Å². The van der Waals surface area contributed by atoms with E-state index in [4.69, 9.17) is 9.97 Å². The van der Waals surface area contributed by atoms with Gasteiger partial charge in [-0.25, -0.2) is 9.97 Å². The Kier molecular flexibility index (Phi) is 6.18. The highest BCUT2D eigenvalue weighted by molar-refractivity contribution is 5.98. The standard InChI is InChI=1S/C42H29N3/c1-42(2)35-20-10-16-31(26-43)39(35)40-34(19-11-21-36(40)42)32-17-8-9-18-33(32)38-25-37(28-13-4-3-5-14-28)44-41(45-38)30-23-22-27-12-6-7-15-29(27)24-30/h3-25H,1-2H3. The summed E-state index contributed by atoms with van der Waals surface area (Å²) in [5, 5.41) is 12.5. The van der Waals surface area contributed by atoms with Crippen LogP contribution in [-0.4, -0.2) is 9.97 Å². The molecule has 0 N–H and O–H groups in total. The van der Waals surface area contributed by atoms with Crippen molar-refractivity contribution in [3.05, 3.63) is 156 Å². The molecule has 0 spiro atoms.